The van der Waals surface area contributed by atoms with E-state index in [9.17, 15) is 9.50 Å². The Kier molecular flexibility index (Phi) is 4.63. The van der Waals surface area contributed by atoms with Crippen LogP contribution in [0.5, 0.6) is 5.75 Å². The Morgan fingerprint density at radius 1 is 1.16 bits per heavy atom. The van der Waals surface area contributed by atoms with Crippen LogP contribution in [-0.2, 0) is 6.42 Å². The van der Waals surface area contributed by atoms with Crippen LogP contribution in [0.3, 0.4) is 0 Å². The van der Waals surface area contributed by atoms with Crippen LogP contribution >= 0.6 is 11.8 Å². The van der Waals surface area contributed by atoms with E-state index in [0.717, 1.165) is 28.2 Å². The molecule has 19 heavy (non-hydrogen) atoms. The molecule has 2 rings (SSSR count). The summed E-state index contributed by atoms with van der Waals surface area (Å²) in [6.07, 6.45) is 2.64. The molecule has 1 nitrogen and oxygen atoms in total. The van der Waals surface area contributed by atoms with Crippen LogP contribution in [0.25, 0.3) is 6.08 Å². The number of thioether (sulfide) groups is 1. The number of aryl methyl sites for hydroxylation is 1. The molecule has 2 aromatic carbocycles. The number of hydrogen-bond donors (Lipinski definition) is 1. The molecular formula is C16H15FOS. The summed E-state index contributed by atoms with van der Waals surface area (Å²) in [5, 5.41) is 9.49. The van der Waals surface area contributed by atoms with Crippen molar-refractivity contribution < 1.29 is 9.50 Å². The zero-order valence-electron chi connectivity index (χ0n) is 10.5. The first-order valence-electron chi connectivity index (χ1n) is 6.02. The van der Waals surface area contributed by atoms with Crippen molar-refractivity contribution in [3.8, 4) is 5.75 Å². The van der Waals surface area contributed by atoms with Crippen molar-refractivity contribution in [2.24, 2.45) is 0 Å². The first-order valence-corrected chi connectivity index (χ1v) is 7.00. The van der Waals surface area contributed by atoms with Crippen molar-refractivity contribution >= 4 is 17.8 Å². The first-order chi connectivity index (χ1) is 9.19. The first kappa shape index (κ1) is 13.7. The standard InChI is InChI=1S/C16H15FOS/c1-2-13-5-8-15(18)11-16(13)19-10-9-12-3-6-14(17)7-4-12/h2-8,11,18H,1,9-10H2. The second kappa shape index (κ2) is 6.43. The van der Waals surface area contributed by atoms with Crippen LogP contribution in [0.15, 0.2) is 53.9 Å². The number of aromatic hydroxyl groups is 1. The largest absolute Gasteiger partial charge is 0.508 e. The third kappa shape index (κ3) is 3.86. The molecule has 1 N–H and O–H groups in total. The molecular weight excluding hydrogens is 259 g/mol. The molecule has 0 aromatic heterocycles. The minimum atomic E-state index is -0.210. The lowest BCUT2D eigenvalue weighted by molar-refractivity contribution is 0.474. The van der Waals surface area contributed by atoms with Crippen molar-refractivity contribution in [1.29, 1.82) is 0 Å². The molecule has 98 valence electrons. The van der Waals surface area contributed by atoms with E-state index < -0.39 is 0 Å². The van der Waals surface area contributed by atoms with E-state index in [2.05, 4.69) is 6.58 Å². The van der Waals surface area contributed by atoms with Gasteiger partial charge in [0.25, 0.3) is 0 Å². The molecule has 0 bridgehead atoms. The van der Waals surface area contributed by atoms with Crippen LogP contribution in [0.1, 0.15) is 11.1 Å². The van der Waals surface area contributed by atoms with Gasteiger partial charge in [-0.3, -0.25) is 0 Å². The van der Waals surface area contributed by atoms with Gasteiger partial charge in [-0.2, -0.15) is 0 Å². The zero-order valence-corrected chi connectivity index (χ0v) is 11.3. The molecule has 0 amide bonds. The molecule has 0 atom stereocenters. The molecule has 0 unspecified atom stereocenters. The van der Waals surface area contributed by atoms with E-state index in [4.69, 9.17) is 0 Å². The number of phenolic OH excluding ortho intramolecular Hbond substituents is 1. The van der Waals surface area contributed by atoms with Crippen LogP contribution in [0.4, 0.5) is 4.39 Å². The summed E-state index contributed by atoms with van der Waals surface area (Å²) in [7, 11) is 0. The minimum absolute atomic E-state index is 0.210. The summed E-state index contributed by atoms with van der Waals surface area (Å²) in [5.74, 6) is 0.920. The van der Waals surface area contributed by atoms with Gasteiger partial charge in [0, 0.05) is 10.6 Å². The molecule has 0 heterocycles. The number of rotatable bonds is 5. The lowest BCUT2D eigenvalue weighted by atomic mass is 10.2. The molecule has 2 aromatic rings. The van der Waals surface area contributed by atoms with Gasteiger partial charge >= 0.3 is 0 Å². The molecule has 0 aliphatic heterocycles. The summed E-state index contributed by atoms with van der Waals surface area (Å²) in [6, 6.07) is 11.8. The molecule has 0 fully saturated rings. The van der Waals surface area contributed by atoms with E-state index in [0.29, 0.717) is 0 Å². The van der Waals surface area contributed by atoms with Crippen molar-refractivity contribution in [2.75, 3.05) is 5.75 Å². The van der Waals surface area contributed by atoms with Crippen LogP contribution < -0.4 is 0 Å². The number of halogens is 1. The predicted octanol–water partition coefficient (Wildman–Crippen LogP) is 4.51. The highest BCUT2D eigenvalue weighted by Crippen LogP contribution is 2.28. The molecule has 0 aliphatic carbocycles. The quantitative estimate of drug-likeness (QED) is 0.810. The third-order valence-electron chi connectivity index (χ3n) is 2.78. The Labute approximate surface area is 116 Å². The molecule has 0 radical (unpaired) electrons. The van der Waals surface area contributed by atoms with Gasteiger partial charge in [0.15, 0.2) is 0 Å². The monoisotopic (exact) mass is 274 g/mol. The lowest BCUT2D eigenvalue weighted by Crippen LogP contribution is -1.90. The summed E-state index contributed by atoms with van der Waals surface area (Å²) in [5.41, 5.74) is 2.12. The lowest BCUT2D eigenvalue weighted by Gasteiger charge is -2.06. The highest BCUT2D eigenvalue weighted by Gasteiger charge is 2.02. The van der Waals surface area contributed by atoms with Crippen LogP contribution in [0.2, 0.25) is 0 Å². The molecule has 0 saturated carbocycles. The van der Waals surface area contributed by atoms with E-state index >= 15 is 0 Å². The normalized spacial score (nSPS) is 10.4. The van der Waals surface area contributed by atoms with E-state index in [1.54, 1.807) is 42.1 Å². The average molecular weight is 274 g/mol. The fraction of sp³-hybridized carbons (Fsp3) is 0.125. The molecule has 0 aliphatic rings. The van der Waals surface area contributed by atoms with Gasteiger partial charge in [-0.25, -0.2) is 4.39 Å². The Morgan fingerprint density at radius 3 is 2.58 bits per heavy atom. The third-order valence-corrected chi connectivity index (χ3v) is 3.85. The fourth-order valence-electron chi connectivity index (χ4n) is 1.75. The van der Waals surface area contributed by atoms with Gasteiger partial charge < -0.3 is 5.11 Å². The second-order valence-corrected chi connectivity index (χ2v) is 5.29. The van der Waals surface area contributed by atoms with Crippen molar-refractivity contribution in [2.45, 2.75) is 11.3 Å². The van der Waals surface area contributed by atoms with Crippen molar-refractivity contribution in [3.05, 3.63) is 66.0 Å². The Morgan fingerprint density at radius 2 is 1.89 bits per heavy atom. The van der Waals surface area contributed by atoms with Gasteiger partial charge in [0.1, 0.15) is 11.6 Å². The summed E-state index contributed by atoms with van der Waals surface area (Å²) < 4.78 is 12.8. The van der Waals surface area contributed by atoms with E-state index in [1.807, 2.05) is 6.07 Å². The zero-order chi connectivity index (χ0) is 13.7. The molecule has 0 spiro atoms. The average Bonchev–Trinajstić information content (AvgIpc) is 2.41. The second-order valence-electron chi connectivity index (χ2n) is 4.15. The molecule has 0 saturated heterocycles. The smallest absolute Gasteiger partial charge is 0.123 e. The topological polar surface area (TPSA) is 20.2 Å². The van der Waals surface area contributed by atoms with Crippen molar-refractivity contribution in [1.82, 2.24) is 0 Å². The van der Waals surface area contributed by atoms with E-state index in [1.165, 1.54) is 12.1 Å². The number of phenols is 1. The Bertz CT molecular complexity index is 563. The van der Waals surface area contributed by atoms with Gasteiger partial charge in [0.2, 0.25) is 0 Å². The number of hydrogen-bond acceptors (Lipinski definition) is 2. The Hall–Kier alpha value is -1.74. The van der Waals surface area contributed by atoms with E-state index in [-0.39, 0.29) is 11.6 Å². The maximum atomic E-state index is 12.8. The van der Waals surface area contributed by atoms with Crippen LogP contribution in [-0.4, -0.2) is 10.9 Å². The van der Waals surface area contributed by atoms with Gasteiger partial charge in [-0.05, 0) is 41.8 Å². The summed E-state index contributed by atoms with van der Waals surface area (Å²) in [6.45, 7) is 3.76. The maximum Gasteiger partial charge on any atom is 0.123 e. The summed E-state index contributed by atoms with van der Waals surface area (Å²) >= 11 is 1.66. The van der Waals surface area contributed by atoms with Crippen LogP contribution in [0, 0.1) is 5.82 Å². The van der Waals surface area contributed by atoms with Gasteiger partial charge in [-0.1, -0.05) is 30.9 Å². The highest BCUT2D eigenvalue weighted by molar-refractivity contribution is 7.99. The summed E-state index contributed by atoms with van der Waals surface area (Å²) in [4.78, 5) is 1.01. The highest BCUT2D eigenvalue weighted by atomic mass is 32.2. The minimum Gasteiger partial charge on any atom is -0.508 e. The van der Waals surface area contributed by atoms with Gasteiger partial charge in [-0.15, -0.1) is 11.8 Å². The van der Waals surface area contributed by atoms with Gasteiger partial charge in [0.05, 0.1) is 0 Å². The SMILES string of the molecule is C=Cc1ccc(O)cc1SCCc1ccc(F)cc1. The van der Waals surface area contributed by atoms with Crippen molar-refractivity contribution in [3.63, 3.8) is 0 Å². The Balaban J connectivity index is 1.97. The molecule has 3 heteroatoms. The predicted molar refractivity (Wildman–Crippen MR) is 79.0 cm³/mol. The number of benzene rings is 2. The fourth-order valence-corrected chi connectivity index (χ4v) is 2.83. The maximum absolute atomic E-state index is 12.8.